The van der Waals surface area contributed by atoms with Crippen molar-refractivity contribution in [1.29, 1.82) is 0 Å². The minimum atomic E-state index is -0.0885. The van der Waals surface area contributed by atoms with E-state index in [1.54, 1.807) is 0 Å². The standard InChI is InChI=1S/C17H29N3O/c1-14(2)9-8-12-18-17(21)19-16(13-20(3)4)15-10-6-5-7-11-15/h5-7,10-11,14,16H,8-9,12-13H2,1-4H3,(H2,18,19,21). The van der Waals surface area contributed by atoms with E-state index in [1.807, 2.05) is 44.4 Å². The highest BCUT2D eigenvalue weighted by atomic mass is 16.2. The van der Waals surface area contributed by atoms with Gasteiger partial charge in [-0.1, -0.05) is 44.2 Å². The van der Waals surface area contributed by atoms with E-state index >= 15 is 0 Å². The monoisotopic (exact) mass is 291 g/mol. The molecular formula is C17H29N3O. The van der Waals surface area contributed by atoms with E-state index in [4.69, 9.17) is 0 Å². The molecule has 1 rings (SSSR count). The number of rotatable bonds is 8. The predicted molar refractivity (Wildman–Crippen MR) is 88.3 cm³/mol. The quantitative estimate of drug-likeness (QED) is 0.723. The van der Waals surface area contributed by atoms with Crippen molar-refractivity contribution in [2.75, 3.05) is 27.2 Å². The van der Waals surface area contributed by atoms with Gasteiger partial charge in [0.2, 0.25) is 0 Å². The lowest BCUT2D eigenvalue weighted by atomic mass is 10.1. The van der Waals surface area contributed by atoms with Crippen molar-refractivity contribution < 1.29 is 4.79 Å². The van der Waals surface area contributed by atoms with Gasteiger partial charge >= 0.3 is 6.03 Å². The van der Waals surface area contributed by atoms with Gasteiger partial charge in [-0.3, -0.25) is 0 Å². The van der Waals surface area contributed by atoms with E-state index in [-0.39, 0.29) is 12.1 Å². The van der Waals surface area contributed by atoms with Crippen molar-refractivity contribution in [3.05, 3.63) is 35.9 Å². The first-order valence-electron chi connectivity index (χ1n) is 7.73. The van der Waals surface area contributed by atoms with Gasteiger partial charge in [-0.05, 0) is 38.4 Å². The van der Waals surface area contributed by atoms with Crippen LogP contribution in [-0.2, 0) is 0 Å². The van der Waals surface area contributed by atoms with Crippen LogP contribution in [0.1, 0.15) is 38.3 Å². The zero-order valence-corrected chi connectivity index (χ0v) is 13.7. The lowest BCUT2D eigenvalue weighted by molar-refractivity contribution is 0.232. The maximum atomic E-state index is 12.0. The first-order chi connectivity index (χ1) is 9.99. The summed E-state index contributed by atoms with van der Waals surface area (Å²) in [7, 11) is 4.02. The molecule has 0 bridgehead atoms. The van der Waals surface area contributed by atoms with Crippen molar-refractivity contribution in [2.45, 2.75) is 32.7 Å². The van der Waals surface area contributed by atoms with Crippen molar-refractivity contribution in [3.63, 3.8) is 0 Å². The highest BCUT2D eigenvalue weighted by Gasteiger charge is 2.14. The van der Waals surface area contributed by atoms with Crippen LogP contribution in [0.25, 0.3) is 0 Å². The highest BCUT2D eigenvalue weighted by molar-refractivity contribution is 5.74. The summed E-state index contributed by atoms with van der Waals surface area (Å²) in [6.45, 7) is 5.90. The van der Waals surface area contributed by atoms with Crippen molar-refractivity contribution >= 4 is 6.03 Å². The third-order valence-electron chi connectivity index (χ3n) is 3.30. The van der Waals surface area contributed by atoms with Crippen LogP contribution >= 0.6 is 0 Å². The van der Waals surface area contributed by atoms with Crippen LogP contribution in [-0.4, -0.2) is 38.1 Å². The normalized spacial score (nSPS) is 12.5. The lowest BCUT2D eigenvalue weighted by Crippen LogP contribution is -2.41. The molecule has 0 aromatic heterocycles. The average Bonchev–Trinajstić information content (AvgIpc) is 2.43. The molecule has 0 aliphatic rings. The molecule has 0 aliphatic carbocycles. The molecule has 0 saturated carbocycles. The van der Waals surface area contributed by atoms with Gasteiger partial charge in [-0.25, -0.2) is 4.79 Å². The summed E-state index contributed by atoms with van der Waals surface area (Å²) < 4.78 is 0. The summed E-state index contributed by atoms with van der Waals surface area (Å²) in [5.41, 5.74) is 1.13. The second-order valence-corrected chi connectivity index (χ2v) is 6.16. The van der Waals surface area contributed by atoms with Crippen molar-refractivity contribution in [1.82, 2.24) is 15.5 Å². The van der Waals surface area contributed by atoms with Crippen LogP contribution in [0.4, 0.5) is 4.79 Å². The highest BCUT2D eigenvalue weighted by Crippen LogP contribution is 2.13. The summed E-state index contributed by atoms with van der Waals surface area (Å²) in [4.78, 5) is 14.1. The Kier molecular flexibility index (Phi) is 7.83. The molecule has 0 saturated heterocycles. The molecule has 0 radical (unpaired) electrons. The molecule has 0 heterocycles. The van der Waals surface area contributed by atoms with Crippen LogP contribution in [0.2, 0.25) is 0 Å². The Bertz CT molecular complexity index is 404. The summed E-state index contributed by atoms with van der Waals surface area (Å²) >= 11 is 0. The number of hydrogen-bond acceptors (Lipinski definition) is 2. The second kappa shape index (κ2) is 9.40. The Morgan fingerprint density at radius 3 is 2.43 bits per heavy atom. The van der Waals surface area contributed by atoms with Gasteiger partial charge in [0.25, 0.3) is 0 Å². The third-order valence-corrected chi connectivity index (χ3v) is 3.30. The molecule has 118 valence electrons. The number of likely N-dealkylation sites (N-methyl/N-ethyl adjacent to an activating group) is 1. The summed E-state index contributed by atoms with van der Waals surface area (Å²) in [5, 5.41) is 6.00. The van der Waals surface area contributed by atoms with Gasteiger partial charge in [0.05, 0.1) is 6.04 Å². The summed E-state index contributed by atoms with van der Waals surface area (Å²) in [6.07, 6.45) is 2.16. The van der Waals surface area contributed by atoms with Gasteiger partial charge < -0.3 is 15.5 Å². The van der Waals surface area contributed by atoms with Gasteiger partial charge in [-0.15, -0.1) is 0 Å². The Labute approximate surface area is 128 Å². The van der Waals surface area contributed by atoms with E-state index in [9.17, 15) is 4.79 Å². The maximum absolute atomic E-state index is 12.0. The van der Waals surface area contributed by atoms with Gasteiger partial charge in [0.15, 0.2) is 0 Å². The predicted octanol–water partition coefficient (Wildman–Crippen LogP) is 3.02. The smallest absolute Gasteiger partial charge is 0.315 e. The fourth-order valence-electron chi connectivity index (χ4n) is 2.21. The van der Waals surface area contributed by atoms with Crippen LogP contribution in [0, 0.1) is 5.92 Å². The fourth-order valence-corrected chi connectivity index (χ4v) is 2.21. The molecule has 0 fully saturated rings. The minimum absolute atomic E-state index is 0.00583. The molecule has 1 aromatic carbocycles. The second-order valence-electron chi connectivity index (χ2n) is 6.16. The van der Waals surface area contributed by atoms with E-state index in [0.717, 1.165) is 31.5 Å². The van der Waals surface area contributed by atoms with E-state index in [1.165, 1.54) is 0 Å². The first kappa shape index (κ1) is 17.5. The van der Waals surface area contributed by atoms with Crippen LogP contribution in [0.5, 0.6) is 0 Å². The number of nitrogens with zero attached hydrogens (tertiary/aromatic N) is 1. The average molecular weight is 291 g/mol. The van der Waals surface area contributed by atoms with Crippen molar-refractivity contribution in [3.8, 4) is 0 Å². The molecule has 21 heavy (non-hydrogen) atoms. The third kappa shape index (κ3) is 7.71. The largest absolute Gasteiger partial charge is 0.338 e. The van der Waals surface area contributed by atoms with Gasteiger partial charge in [-0.2, -0.15) is 0 Å². The van der Waals surface area contributed by atoms with Gasteiger partial charge in [0.1, 0.15) is 0 Å². The minimum Gasteiger partial charge on any atom is -0.338 e. The van der Waals surface area contributed by atoms with Crippen LogP contribution in [0.3, 0.4) is 0 Å². The fraction of sp³-hybridized carbons (Fsp3) is 0.588. The number of carbonyl (C=O) groups excluding carboxylic acids is 1. The molecule has 0 spiro atoms. The molecule has 4 nitrogen and oxygen atoms in total. The maximum Gasteiger partial charge on any atom is 0.315 e. The summed E-state index contributed by atoms with van der Waals surface area (Å²) in [6, 6.07) is 10.0. The number of nitrogens with one attached hydrogen (secondary N) is 2. The molecule has 4 heteroatoms. The number of benzene rings is 1. The molecule has 1 aromatic rings. The molecule has 1 unspecified atom stereocenters. The number of hydrogen-bond donors (Lipinski definition) is 2. The van der Waals surface area contributed by atoms with Crippen LogP contribution < -0.4 is 10.6 Å². The van der Waals surface area contributed by atoms with E-state index in [2.05, 4.69) is 29.4 Å². The number of urea groups is 1. The number of carbonyl (C=O) groups is 1. The molecule has 2 N–H and O–H groups in total. The Balaban J connectivity index is 2.47. The Morgan fingerprint density at radius 1 is 1.19 bits per heavy atom. The first-order valence-corrected chi connectivity index (χ1v) is 7.73. The van der Waals surface area contributed by atoms with Gasteiger partial charge in [0, 0.05) is 13.1 Å². The zero-order chi connectivity index (χ0) is 15.7. The van der Waals surface area contributed by atoms with Crippen LogP contribution in [0.15, 0.2) is 30.3 Å². The molecule has 1 atom stereocenters. The molecule has 0 aliphatic heterocycles. The SMILES string of the molecule is CC(C)CCCNC(=O)NC(CN(C)C)c1ccccc1. The van der Waals surface area contributed by atoms with E-state index < -0.39 is 0 Å². The lowest BCUT2D eigenvalue weighted by Gasteiger charge is -2.23. The van der Waals surface area contributed by atoms with E-state index in [0.29, 0.717) is 5.92 Å². The molecular weight excluding hydrogens is 262 g/mol. The summed E-state index contributed by atoms with van der Waals surface area (Å²) in [5.74, 6) is 0.681. The number of amides is 2. The topological polar surface area (TPSA) is 44.4 Å². The van der Waals surface area contributed by atoms with Crippen molar-refractivity contribution in [2.24, 2.45) is 5.92 Å². The zero-order valence-electron chi connectivity index (χ0n) is 13.7. The Morgan fingerprint density at radius 2 is 1.86 bits per heavy atom. The Hall–Kier alpha value is -1.55. The molecule has 2 amide bonds.